The predicted molar refractivity (Wildman–Crippen MR) is 75.5 cm³/mol. The molecule has 0 aromatic carbocycles. The van der Waals surface area contributed by atoms with Crippen molar-refractivity contribution in [1.82, 2.24) is 0 Å². The topological polar surface area (TPSA) is 63.0 Å². The molecule has 4 N–H and O–H groups in total. The van der Waals surface area contributed by atoms with Gasteiger partial charge in [-0.3, -0.25) is 0 Å². The van der Waals surface area contributed by atoms with Crippen molar-refractivity contribution < 1.29 is 32.7 Å². The third-order valence-electron chi connectivity index (χ3n) is 2.21. The van der Waals surface area contributed by atoms with Crippen molar-refractivity contribution in [2.24, 2.45) is 0 Å². The molecule has 0 fully saturated rings. The van der Waals surface area contributed by atoms with Gasteiger partial charge in [0.05, 0.1) is 0 Å². The van der Waals surface area contributed by atoms with Crippen LogP contribution in [0.5, 0.6) is 0 Å². The Morgan fingerprint density at radius 3 is 1.06 bits per heavy atom. The van der Waals surface area contributed by atoms with Gasteiger partial charge >= 0.3 is 21.7 Å². The minimum Gasteiger partial charge on any atom is -0.412 e. The molecule has 17 heavy (non-hydrogen) atoms. The summed E-state index contributed by atoms with van der Waals surface area (Å²) in [6.07, 6.45) is 13.0. The number of rotatable bonds is 8. The largest absolute Gasteiger partial charge is 2.00 e. The van der Waals surface area contributed by atoms with E-state index in [4.69, 9.17) is 0 Å². The van der Waals surface area contributed by atoms with Gasteiger partial charge in [0.1, 0.15) is 0 Å². The van der Waals surface area contributed by atoms with Crippen molar-refractivity contribution in [3.63, 3.8) is 0 Å². The Balaban J connectivity index is -0.0000000480. The molecule has 0 saturated heterocycles. The van der Waals surface area contributed by atoms with E-state index >= 15 is 0 Å². The molecule has 0 saturated carbocycles. The van der Waals surface area contributed by atoms with Crippen molar-refractivity contribution in [2.45, 2.75) is 78.1 Å². The second-order valence-corrected chi connectivity index (χ2v) is 3.83. The third kappa shape index (κ3) is 47.8. The minimum atomic E-state index is 0. The van der Waals surface area contributed by atoms with Crippen molar-refractivity contribution in [2.75, 3.05) is 0 Å². The molecular formula is C14H34O2Ti. The van der Waals surface area contributed by atoms with Crippen LogP contribution in [0.15, 0.2) is 0 Å². The Hall–Kier alpha value is 0.634. The van der Waals surface area contributed by atoms with Gasteiger partial charge in [0, 0.05) is 0 Å². The first-order chi connectivity index (χ1) is 6.83. The van der Waals surface area contributed by atoms with Gasteiger partial charge in [-0.15, -0.1) is 0 Å². The van der Waals surface area contributed by atoms with E-state index in [0.717, 1.165) is 12.8 Å². The molecule has 0 aromatic rings. The SMILES string of the molecule is O.O.[CH2-]CCCCCC.[CH2-]CCCCCC.[Ti+2]. The van der Waals surface area contributed by atoms with E-state index in [1.54, 1.807) is 0 Å². The molecule has 0 atom stereocenters. The average Bonchev–Trinajstić information content (AvgIpc) is 2.21. The third-order valence-corrected chi connectivity index (χ3v) is 2.21. The van der Waals surface area contributed by atoms with Gasteiger partial charge in [0.15, 0.2) is 0 Å². The molecule has 0 aliphatic carbocycles. The summed E-state index contributed by atoms with van der Waals surface area (Å²) in [5.74, 6) is 0. The van der Waals surface area contributed by atoms with E-state index in [1.165, 1.54) is 51.4 Å². The van der Waals surface area contributed by atoms with Crippen LogP contribution < -0.4 is 0 Å². The number of unbranched alkanes of at least 4 members (excludes halogenated alkanes) is 8. The van der Waals surface area contributed by atoms with Crippen molar-refractivity contribution >= 4 is 0 Å². The molecule has 0 heterocycles. The summed E-state index contributed by atoms with van der Waals surface area (Å²) >= 11 is 0. The summed E-state index contributed by atoms with van der Waals surface area (Å²) in [6, 6.07) is 0. The van der Waals surface area contributed by atoms with Crippen LogP contribution in [0.4, 0.5) is 0 Å². The quantitative estimate of drug-likeness (QED) is 0.368. The second-order valence-electron chi connectivity index (χ2n) is 3.83. The van der Waals surface area contributed by atoms with E-state index < -0.39 is 0 Å². The summed E-state index contributed by atoms with van der Waals surface area (Å²) in [5.41, 5.74) is 0. The van der Waals surface area contributed by atoms with Crippen LogP contribution in [0.2, 0.25) is 0 Å². The maximum atomic E-state index is 3.76. The normalized spacial score (nSPS) is 7.76. The summed E-state index contributed by atoms with van der Waals surface area (Å²) < 4.78 is 0. The Labute approximate surface area is 124 Å². The molecule has 0 aromatic heterocycles. The van der Waals surface area contributed by atoms with Crippen LogP contribution >= 0.6 is 0 Å². The maximum Gasteiger partial charge on any atom is 2.00 e. The number of hydrogen-bond donors (Lipinski definition) is 0. The van der Waals surface area contributed by atoms with E-state index in [1.807, 2.05) is 0 Å². The molecule has 106 valence electrons. The molecule has 0 radical (unpaired) electrons. The number of hydrogen-bond acceptors (Lipinski definition) is 0. The van der Waals surface area contributed by atoms with Crippen molar-refractivity contribution in [3.05, 3.63) is 13.8 Å². The Kier molecular flexibility index (Phi) is 64.6. The Morgan fingerprint density at radius 1 is 0.588 bits per heavy atom. The zero-order valence-electron chi connectivity index (χ0n) is 12.0. The fraction of sp³-hybridized carbons (Fsp3) is 0.857. The molecule has 0 unspecified atom stereocenters. The van der Waals surface area contributed by atoms with Gasteiger partial charge in [0.25, 0.3) is 0 Å². The molecule has 0 aliphatic heterocycles. The van der Waals surface area contributed by atoms with E-state index in [0.29, 0.717) is 0 Å². The zero-order valence-corrected chi connectivity index (χ0v) is 13.5. The summed E-state index contributed by atoms with van der Waals surface area (Å²) in [4.78, 5) is 0. The summed E-state index contributed by atoms with van der Waals surface area (Å²) in [7, 11) is 0. The summed E-state index contributed by atoms with van der Waals surface area (Å²) in [6.45, 7) is 12.0. The maximum absolute atomic E-state index is 3.76. The molecule has 0 spiro atoms. The van der Waals surface area contributed by atoms with E-state index in [9.17, 15) is 0 Å². The van der Waals surface area contributed by atoms with Crippen LogP contribution in [0, 0.1) is 13.8 Å². The molecule has 0 bridgehead atoms. The van der Waals surface area contributed by atoms with Crippen LogP contribution in [-0.2, 0) is 21.7 Å². The first-order valence-electron chi connectivity index (χ1n) is 6.41. The molecule has 0 rings (SSSR count). The van der Waals surface area contributed by atoms with Gasteiger partial charge in [-0.25, -0.2) is 0 Å². The van der Waals surface area contributed by atoms with E-state index in [-0.39, 0.29) is 32.7 Å². The standard InChI is InChI=1S/2C7H15.2H2O.Ti/c2*1-3-5-7-6-4-2;;;/h2*1,3-7H2,2H3;2*1H2;/q2*-1;;;+2. The van der Waals surface area contributed by atoms with Gasteiger partial charge in [0.2, 0.25) is 0 Å². The minimum absolute atomic E-state index is 0. The smallest absolute Gasteiger partial charge is 0.412 e. The van der Waals surface area contributed by atoms with Crippen LogP contribution in [0.1, 0.15) is 78.1 Å². The monoisotopic (exact) mass is 282 g/mol. The van der Waals surface area contributed by atoms with Gasteiger partial charge in [-0.1, -0.05) is 65.2 Å². The fourth-order valence-electron chi connectivity index (χ4n) is 1.21. The first kappa shape index (κ1) is 30.6. The Bertz CT molecular complexity index is 62.6. The van der Waals surface area contributed by atoms with Gasteiger partial charge in [-0.2, -0.15) is 12.8 Å². The van der Waals surface area contributed by atoms with Crippen LogP contribution in [-0.4, -0.2) is 11.0 Å². The van der Waals surface area contributed by atoms with Crippen molar-refractivity contribution in [1.29, 1.82) is 0 Å². The van der Waals surface area contributed by atoms with Crippen molar-refractivity contribution in [3.8, 4) is 0 Å². The zero-order chi connectivity index (χ0) is 11.1. The molecule has 3 heteroatoms. The van der Waals surface area contributed by atoms with Crippen LogP contribution in [0.3, 0.4) is 0 Å². The molecule has 0 aliphatic rings. The molecular weight excluding hydrogens is 248 g/mol. The average molecular weight is 282 g/mol. The fourth-order valence-corrected chi connectivity index (χ4v) is 1.21. The first-order valence-corrected chi connectivity index (χ1v) is 6.41. The molecule has 2 nitrogen and oxygen atoms in total. The van der Waals surface area contributed by atoms with Gasteiger partial charge < -0.3 is 24.8 Å². The predicted octanol–water partition coefficient (Wildman–Crippen LogP) is 3.93. The molecule has 0 amide bonds. The Morgan fingerprint density at radius 2 is 0.882 bits per heavy atom. The summed E-state index contributed by atoms with van der Waals surface area (Å²) in [5, 5.41) is 0. The second kappa shape index (κ2) is 36.0. The van der Waals surface area contributed by atoms with E-state index in [2.05, 4.69) is 27.7 Å². The van der Waals surface area contributed by atoms with Gasteiger partial charge in [-0.05, 0) is 0 Å². The van der Waals surface area contributed by atoms with Crippen LogP contribution in [0.25, 0.3) is 0 Å².